The van der Waals surface area contributed by atoms with Crippen LogP contribution in [0.25, 0.3) is 0 Å². The van der Waals surface area contributed by atoms with Gasteiger partial charge in [0.15, 0.2) is 5.96 Å². The van der Waals surface area contributed by atoms with Gasteiger partial charge in [0.2, 0.25) is 5.91 Å². The van der Waals surface area contributed by atoms with Crippen LogP contribution in [0.5, 0.6) is 5.75 Å². The number of methoxy groups -OCH3 is 1. The van der Waals surface area contributed by atoms with Crippen LogP contribution < -0.4 is 15.8 Å². The zero-order chi connectivity index (χ0) is 20.7. The summed E-state index contributed by atoms with van der Waals surface area (Å²) in [6.07, 6.45) is 4.47. The number of hydrogen-bond donors (Lipinski definition) is 2. The molecule has 0 aromatic heterocycles. The van der Waals surface area contributed by atoms with Crippen LogP contribution in [0.15, 0.2) is 29.3 Å². The standard InChI is InChI=1S/C22H34N4O3/c1-24-21(26-11-3-4-17(15-26)14-20(23)27)25-16-22(9-12-29-13-10-22)18-5-7-19(28-2)8-6-18/h5-8,17H,3-4,9-16H2,1-2H3,(H2,23,27)(H,24,25). The Bertz CT molecular complexity index is 699. The predicted octanol–water partition coefficient (Wildman–Crippen LogP) is 1.91. The van der Waals surface area contributed by atoms with Crippen molar-refractivity contribution in [2.75, 3.05) is 47.0 Å². The van der Waals surface area contributed by atoms with Gasteiger partial charge in [-0.1, -0.05) is 12.1 Å². The number of hydrogen-bond acceptors (Lipinski definition) is 4. The minimum absolute atomic E-state index is 0.00285. The summed E-state index contributed by atoms with van der Waals surface area (Å²) in [5, 5.41) is 3.62. The fraction of sp³-hybridized carbons (Fsp3) is 0.636. The maximum Gasteiger partial charge on any atom is 0.217 e. The molecule has 1 atom stereocenters. The molecule has 29 heavy (non-hydrogen) atoms. The van der Waals surface area contributed by atoms with Crippen molar-refractivity contribution in [1.82, 2.24) is 10.2 Å². The number of carbonyl (C=O) groups is 1. The summed E-state index contributed by atoms with van der Waals surface area (Å²) in [6.45, 7) is 4.09. The number of nitrogens with two attached hydrogens (primary N) is 1. The SMILES string of the molecule is CN=C(NCC1(c2ccc(OC)cc2)CCOCC1)N1CCCC(CC(N)=O)C1. The normalized spacial score (nSPS) is 22.2. The van der Waals surface area contributed by atoms with E-state index in [2.05, 4.69) is 27.3 Å². The van der Waals surface area contributed by atoms with Crippen molar-refractivity contribution in [2.24, 2.45) is 16.6 Å². The number of amides is 1. The van der Waals surface area contributed by atoms with Crippen molar-refractivity contribution in [3.05, 3.63) is 29.8 Å². The van der Waals surface area contributed by atoms with E-state index in [-0.39, 0.29) is 11.3 Å². The van der Waals surface area contributed by atoms with Crippen molar-refractivity contribution in [2.45, 2.75) is 37.5 Å². The molecule has 0 saturated carbocycles. The number of likely N-dealkylation sites (tertiary alicyclic amines) is 1. The maximum atomic E-state index is 11.3. The fourth-order valence-electron chi connectivity index (χ4n) is 4.56. The summed E-state index contributed by atoms with van der Waals surface area (Å²) >= 11 is 0. The third-order valence-corrected chi connectivity index (χ3v) is 6.26. The number of nitrogens with one attached hydrogen (secondary N) is 1. The molecular formula is C22H34N4O3. The van der Waals surface area contributed by atoms with Crippen molar-refractivity contribution in [3.8, 4) is 5.75 Å². The van der Waals surface area contributed by atoms with E-state index < -0.39 is 0 Å². The molecule has 2 fully saturated rings. The lowest BCUT2D eigenvalue weighted by Gasteiger charge is -2.40. The Morgan fingerprint density at radius 1 is 1.34 bits per heavy atom. The second-order valence-electron chi connectivity index (χ2n) is 8.15. The van der Waals surface area contributed by atoms with Gasteiger partial charge in [-0.3, -0.25) is 9.79 Å². The van der Waals surface area contributed by atoms with Gasteiger partial charge in [-0.2, -0.15) is 0 Å². The Labute approximate surface area is 173 Å². The summed E-state index contributed by atoms with van der Waals surface area (Å²) < 4.78 is 11.0. The third kappa shape index (κ3) is 5.41. The topological polar surface area (TPSA) is 89.2 Å². The summed E-state index contributed by atoms with van der Waals surface area (Å²) in [5.41, 5.74) is 6.72. The van der Waals surface area contributed by atoms with Crippen LogP contribution in [-0.2, 0) is 14.9 Å². The first kappa shape index (κ1) is 21.4. The van der Waals surface area contributed by atoms with Gasteiger partial charge in [-0.05, 0) is 49.3 Å². The minimum atomic E-state index is -0.222. The van der Waals surface area contributed by atoms with E-state index in [0.29, 0.717) is 12.3 Å². The van der Waals surface area contributed by atoms with E-state index in [4.69, 9.17) is 15.2 Å². The zero-order valence-corrected chi connectivity index (χ0v) is 17.7. The van der Waals surface area contributed by atoms with Gasteiger partial charge >= 0.3 is 0 Å². The summed E-state index contributed by atoms with van der Waals surface area (Å²) in [5.74, 6) is 1.85. The maximum absolute atomic E-state index is 11.3. The van der Waals surface area contributed by atoms with E-state index in [0.717, 1.165) is 70.2 Å². The van der Waals surface area contributed by atoms with E-state index in [1.807, 2.05) is 19.2 Å². The van der Waals surface area contributed by atoms with Crippen LogP contribution in [0, 0.1) is 5.92 Å². The van der Waals surface area contributed by atoms with E-state index in [1.54, 1.807) is 7.11 Å². The molecule has 1 aromatic rings. The number of rotatable bonds is 6. The van der Waals surface area contributed by atoms with Crippen LogP contribution in [-0.4, -0.2) is 63.8 Å². The molecule has 1 amide bonds. The first-order valence-corrected chi connectivity index (χ1v) is 10.5. The predicted molar refractivity (Wildman–Crippen MR) is 114 cm³/mol. The van der Waals surface area contributed by atoms with Crippen molar-refractivity contribution in [3.63, 3.8) is 0 Å². The van der Waals surface area contributed by atoms with Gasteiger partial charge < -0.3 is 25.4 Å². The molecule has 7 heteroatoms. The molecule has 0 bridgehead atoms. The van der Waals surface area contributed by atoms with Gasteiger partial charge in [0.25, 0.3) is 0 Å². The molecule has 2 aliphatic heterocycles. The van der Waals surface area contributed by atoms with Crippen LogP contribution in [0.3, 0.4) is 0 Å². The third-order valence-electron chi connectivity index (χ3n) is 6.26. The van der Waals surface area contributed by atoms with E-state index in [9.17, 15) is 4.79 Å². The van der Waals surface area contributed by atoms with Crippen LogP contribution in [0.4, 0.5) is 0 Å². The quantitative estimate of drug-likeness (QED) is 0.560. The first-order valence-electron chi connectivity index (χ1n) is 10.5. The Balaban J connectivity index is 1.69. The summed E-state index contributed by atoms with van der Waals surface area (Å²) in [4.78, 5) is 18.1. The molecule has 7 nitrogen and oxygen atoms in total. The Kier molecular flexibility index (Phi) is 7.36. The van der Waals surface area contributed by atoms with E-state index in [1.165, 1.54) is 5.56 Å². The first-order chi connectivity index (χ1) is 14.1. The highest BCUT2D eigenvalue weighted by molar-refractivity contribution is 5.80. The molecule has 2 heterocycles. The van der Waals surface area contributed by atoms with E-state index >= 15 is 0 Å². The van der Waals surface area contributed by atoms with Gasteiger partial charge in [0.1, 0.15) is 5.75 Å². The monoisotopic (exact) mass is 402 g/mol. The minimum Gasteiger partial charge on any atom is -0.497 e. The lowest BCUT2D eigenvalue weighted by molar-refractivity contribution is -0.119. The molecule has 0 aliphatic carbocycles. The molecule has 2 saturated heterocycles. The lowest BCUT2D eigenvalue weighted by atomic mass is 9.74. The number of carbonyl (C=O) groups excluding carboxylic acids is 1. The molecule has 0 radical (unpaired) electrons. The number of benzene rings is 1. The second kappa shape index (κ2) is 9.96. The highest BCUT2D eigenvalue weighted by Crippen LogP contribution is 2.35. The lowest BCUT2D eigenvalue weighted by Crippen LogP contribution is -2.51. The molecule has 1 aromatic carbocycles. The number of piperidine rings is 1. The molecule has 1 unspecified atom stereocenters. The smallest absolute Gasteiger partial charge is 0.217 e. The number of ether oxygens (including phenoxy) is 2. The largest absolute Gasteiger partial charge is 0.497 e. The van der Waals surface area contributed by atoms with Crippen molar-refractivity contribution >= 4 is 11.9 Å². The highest BCUT2D eigenvalue weighted by atomic mass is 16.5. The number of nitrogens with zero attached hydrogens (tertiary/aromatic N) is 2. The highest BCUT2D eigenvalue weighted by Gasteiger charge is 2.35. The van der Waals surface area contributed by atoms with Gasteiger partial charge in [0.05, 0.1) is 7.11 Å². The van der Waals surface area contributed by atoms with Crippen LogP contribution >= 0.6 is 0 Å². The zero-order valence-electron chi connectivity index (χ0n) is 17.7. The number of aliphatic imine (C=N–C) groups is 1. The molecule has 2 aliphatic rings. The molecule has 0 spiro atoms. The van der Waals surface area contributed by atoms with Crippen LogP contribution in [0.1, 0.15) is 37.7 Å². The summed E-state index contributed by atoms with van der Waals surface area (Å²) in [6, 6.07) is 8.39. The Morgan fingerprint density at radius 2 is 2.07 bits per heavy atom. The molecule has 3 N–H and O–H groups in total. The second-order valence-corrected chi connectivity index (χ2v) is 8.15. The average Bonchev–Trinajstić information content (AvgIpc) is 2.75. The molecule has 160 valence electrons. The van der Waals surface area contributed by atoms with Crippen LogP contribution in [0.2, 0.25) is 0 Å². The molecule has 3 rings (SSSR count). The average molecular weight is 403 g/mol. The number of primary amides is 1. The Hall–Kier alpha value is -2.28. The Morgan fingerprint density at radius 3 is 2.69 bits per heavy atom. The molecular weight excluding hydrogens is 368 g/mol. The van der Waals surface area contributed by atoms with Gasteiger partial charge in [0, 0.05) is 51.7 Å². The van der Waals surface area contributed by atoms with Crippen molar-refractivity contribution in [1.29, 1.82) is 0 Å². The summed E-state index contributed by atoms with van der Waals surface area (Å²) in [7, 11) is 3.51. The number of guanidine groups is 1. The van der Waals surface area contributed by atoms with Crippen molar-refractivity contribution < 1.29 is 14.3 Å². The fourth-order valence-corrected chi connectivity index (χ4v) is 4.56. The van der Waals surface area contributed by atoms with Gasteiger partial charge in [-0.25, -0.2) is 0 Å². The van der Waals surface area contributed by atoms with Gasteiger partial charge in [-0.15, -0.1) is 0 Å².